The Labute approximate surface area is 178 Å². The zero-order valence-electron chi connectivity index (χ0n) is 16.4. The molecule has 1 saturated carbocycles. The zero-order chi connectivity index (χ0) is 18.5. The lowest BCUT2D eigenvalue weighted by molar-refractivity contribution is -0.122. The first-order chi connectivity index (χ1) is 12.5. The van der Waals surface area contributed by atoms with Crippen molar-refractivity contribution in [1.82, 2.24) is 25.6 Å². The van der Waals surface area contributed by atoms with Crippen molar-refractivity contribution in [3.63, 3.8) is 0 Å². The molecule has 3 rings (SSSR count). The molecule has 0 aromatic carbocycles. The van der Waals surface area contributed by atoms with Crippen LogP contribution in [0.1, 0.15) is 44.1 Å². The van der Waals surface area contributed by atoms with E-state index >= 15 is 0 Å². The van der Waals surface area contributed by atoms with Crippen LogP contribution < -0.4 is 10.6 Å². The number of guanidine groups is 1. The molecule has 27 heavy (non-hydrogen) atoms. The van der Waals surface area contributed by atoms with Gasteiger partial charge in [0.1, 0.15) is 0 Å². The summed E-state index contributed by atoms with van der Waals surface area (Å²) in [6.45, 7) is 8.67. The van der Waals surface area contributed by atoms with Crippen LogP contribution in [0.25, 0.3) is 0 Å². The molecule has 1 aromatic rings. The van der Waals surface area contributed by atoms with Gasteiger partial charge in [-0.25, -0.2) is 0 Å². The Hall–Kier alpha value is -1.36. The molecule has 0 atom stereocenters. The highest BCUT2D eigenvalue weighted by Crippen LogP contribution is 2.18. The van der Waals surface area contributed by atoms with Gasteiger partial charge in [0.2, 0.25) is 5.91 Å². The van der Waals surface area contributed by atoms with Gasteiger partial charge in [0.25, 0.3) is 0 Å². The molecule has 2 N–H and O–H groups in total. The minimum absolute atomic E-state index is 0. The lowest BCUT2D eigenvalue weighted by atomic mass is 10.1. The van der Waals surface area contributed by atoms with Gasteiger partial charge in [-0.3, -0.25) is 14.7 Å². The number of nitrogens with zero attached hydrogens (tertiary/aromatic N) is 4. The number of nitrogens with one attached hydrogen (secondary N) is 2. The summed E-state index contributed by atoms with van der Waals surface area (Å²) in [7, 11) is 1.79. The first-order valence-electron chi connectivity index (χ1n) is 9.48. The molecule has 9 heteroatoms. The van der Waals surface area contributed by atoms with Crippen LogP contribution in [0.2, 0.25) is 0 Å². The predicted molar refractivity (Wildman–Crippen MR) is 115 cm³/mol. The van der Waals surface area contributed by atoms with E-state index in [1.165, 1.54) is 0 Å². The summed E-state index contributed by atoms with van der Waals surface area (Å²) < 4.78 is 5.37. The van der Waals surface area contributed by atoms with Gasteiger partial charge in [-0.2, -0.15) is 0 Å². The van der Waals surface area contributed by atoms with Crippen LogP contribution in [-0.4, -0.2) is 72.6 Å². The Kier molecular flexibility index (Phi) is 8.33. The van der Waals surface area contributed by atoms with Gasteiger partial charge in [-0.05, 0) is 18.8 Å². The maximum Gasteiger partial charge on any atom is 0.234 e. The number of halogens is 1. The van der Waals surface area contributed by atoms with Gasteiger partial charge in [-0.1, -0.05) is 19.0 Å². The highest BCUT2D eigenvalue weighted by atomic mass is 127. The fourth-order valence-electron chi connectivity index (χ4n) is 3.00. The number of hydrogen-bond donors (Lipinski definition) is 2. The van der Waals surface area contributed by atoms with Crippen molar-refractivity contribution in [1.29, 1.82) is 0 Å². The molecule has 0 unspecified atom stereocenters. The van der Waals surface area contributed by atoms with E-state index in [1.54, 1.807) is 7.05 Å². The SMILES string of the molecule is CN=C(NCc1cc(C(C)C)no1)N1CCN(CC(=O)NC2CC2)CC1.I. The van der Waals surface area contributed by atoms with E-state index in [0.29, 0.717) is 25.0 Å². The fourth-order valence-corrected chi connectivity index (χ4v) is 3.00. The molecular formula is C18H31IN6O2. The first-order valence-corrected chi connectivity index (χ1v) is 9.48. The molecule has 0 bridgehead atoms. The Morgan fingerprint density at radius 3 is 2.59 bits per heavy atom. The van der Waals surface area contributed by atoms with E-state index in [4.69, 9.17) is 4.52 Å². The summed E-state index contributed by atoms with van der Waals surface area (Å²) in [6.07, 6.45) is 2.26. The lowest BCUT2D eigenvalue weighted by Crippen LogP contribution is -2.54. The average Bonchev–Trinajstić information content (AvgIpc) is 3.29. The molecule has 2 aliphatic rings. The number of aromatic nitrogens is 1. The summed E-state index contributed by atoms with van der Waals surface area (Å²) in [6, 6.07) is 2.42. The van der Waals surface area contributed by atoms with E-state index in [9.17, 15) is 4.79 Å². The summed E-state index contributed by atoms with van der Waals surface area (Å²) in [5, 5.41) is 10.5. The van der Waals surface area contributed by atoms with Gasteiger partial charge in [0, 0.05) is 45.3 Å². The maximum absolute atomic E-state index is 11.9. The van der Waals surface area contributed by atoms with E-state index in [-0.39, 0.29) is 29.9 Å². The number of rotatable bonds is 6. The van der Waals surface area contributed by atoms with Crippen LogP contribution >= 0.6 is 24.0 Å². The maximum atomic E-state index is 11.9. The summed E-state index contributed by atoms with van der Waals surface area (Å²) >= 11 is 0. The van der Waals surface area contributed by atoms with E-state index in [0.717, 1.165) is 56.4 Å². The molecular weight excluding hydrogens is 459 g/mol. The molecule has 1 saturated heterocycles. The van der Waals surface area contributed by atoms with Crippen LogP contribution in [0, 0.1) is 0 Å². The number of piperazine rings is 1. The van der Waals surface area contributed by atoms with E-state index in [1.807, 2.05) is 6.07 Å². The Morgan fingerprint density at radius 2 is 2.04 bits per heavy atom. The number of hydrogen-bond acceptors (Lipinski definition) is 5. The van der Waals surface area contributed by atoms with Crippen LogP contribution in [0.15, 0.2) is 15.6 Å². The smallest absolute Gasteiger partial charge is 0.234 e. The standard InChI is InChI=1S/C18H30N6O2.HI/c1-13(2)16-10-15(26-22-16)11-20-18(19-3)24-8-6-23(7-9-24)12-17(25)21-14-4-5-14;/h10,13-14H,4-9,11-12H2,1-3H3,(H,19,20)(H,21,25);1H. The van der Waals surface area contributed by atoms with Gasteiger partial charge in [0.15, 0.2) is 11.7 Å². The van der Waals surface area contributed by atoms with Crippen molar-refractivity contribution < 1.29 is 9.32 Å². The normalized spacial score (nSPS) is 18.4. The topological polar surface area (TPSA) is 86.0 Å². The number of amides is 1. The van der Waals surface area contributed by atoms with Crippen molar-refractivity contribution in [2.24, 2.45) is 4.99 Å². The molecule has 2 fully saturated rings. The Balaban J connectivity index is 0.00000261. The first kappa shape index (κ1) is 21.9. The quantitative estimate of drug-likeness (QED) is 0.356. The third kappa shape index (κ3) is 6.63. The highest BCUT2D eigenvalue weighted by Gasteiger charge is 2.26. The van der Waals surface area contributed by atoms with Crippen molar-refractivity contribution >= 4 is 35.8 Å². The predicted octanol–water partition coefficient (Wildman–Crippen LogP) is 1.39. The number of aliphatic imine (C=N–C) groups is 1. The second kappa shape index (κ2) is 10.3. The van der Waals surface area contributed by atoms with Crippen LogP contribution in [0.3, 0.4) is 0 Å². The minimum atomic E-state index is 0. The van der Waals surface area contributed by atoms with Crippen LogP contribution in [0.5, 0.6) is 0 Å². The molecule has 1 amide bonds. The zero-order valence-corrected chi connectivity index (χ0v) is 18.7. The molecule has 0 spiro atoms. The summed E-state index contributed by atoms with van der Waals surface area (Å²) in [5.41, 5.74) is 0.967. The van der Waals surface area contributed by atoms with Crippen LogP contribution in [0.4, 0.5) is 0 Å². The van der Waals surface area contributed by atoms with E-state index in [2.05, 4.69) is 44.4 Å². The van der Waals surface area contributed by atoms with Crippen molar-refractivity contribution in [3.8, 4) is 0 Å². The second-order valence-corrected chi connectivity index (χ2v) is 7.38. The molecule has 1 aliphatic heterocycles. The van der Waals surface area contributed by atoms with Crippen molar-refractivity contribution in [2.45, 2.75) is 45.2 Å². The lowest BCUT2D eigenvalue weighted by Gasteiger charge is -2.36. The van der Waals surface area contributed by atoms with Gasteiger partial charge >= 0.3 is 0 Å². The third-order valence-electron chi connectivity index (χ3n) is 4.78. The van der Waals surface area contributed by atoms with Gasteiger partial charge < -0.3 is 20.1 Å². The van der Waals surface area contributed by atoms with Gasteiger partial charge in [-0.15, -0.1) is 24.0 Å². The molecule has 2 heterocycles. The summed E-state index contributed by atoms with van der Waals surface area (Å²) in [5.74, 6) is 2.17. The highest BCUT2D eigenvalue weighted by molar-refractivity contribution is 14.0. The van der Waals surface area contributed by atoms with Gasteiger partial charge in [0.05, 0.1) is 18.8 Å². The van der Waals surface area contributed by atoms with E-state index < -0.39 is 0 Å². The molecule has 152 valence electrons. The molecule has 1 aliphatic carbocycles. The molecule has 8 nitrogen and oxygen atoms in total. The number of carbonyl (C=O) groups is 1. The third-order valence-corrected chi connectivity index (χ3v) is 4.78. The second-order valence-electron chi connectivity index (χ2n) is 7.38. The molecule has 1 aromatic heterocycles. The van der Waals surface area contributed by atoms with Crippen molar-refractivity contribution in [2.75, 3.05) is 39.8 Å². The monoisotopic (exact) mass is 490 g/mol. The average molecular weight is 490 g/mol. The number of carbonyl (C=O) groups excluding carboxylic acids is 1. The minimum Gasteiger partial charge on any atom is -0.359 e. The Morgan fingerprint density at radius 1 is 1.33 bits per heavy atom. The van der Waals surface area contributed by atoms with Crippen molar-refractivity contribution in [3.05, 3.63) is 17.5 Å². The molecule has 0 radical (unpaired) electrons. The Bertz CT molecular complexity index is 636. The largest absolute Gasteiger partial charge is 0.359 e. The van der Waals surface area contributed by atoms with Crippen LogP contribution in [-0.2, 0) is 11.3 Å². The summed E-state index contributed by atoms with van der Waals surface area (Å²) in [4.78, 5) is 20.7. The fraction of sp³-hybridized carbons (Fsp3) is 0.722.